The van der Waals surface area contributed by atoms with E-state index >= 15 is 0 Å². The first-order valence-electron chi connectivity index (χ1n) is 7.79. The summed E-state index contributed by atoms with van der Waals surface area (Å²) in [4.78, 5) is 16.1. The summed E-state index contributed by atoms with van der Waals surface area (Å²) < 4.78 is 15.8. The molecule has 0 aliphatic carbocycles. The van der Waals surface area contributed by atoms with Gasteiger partial charge in [-0.05, 0) is 38.0 Å². The first-order chi connectivity index (χ1) is 11.1. The topological polar surface area (TPSA) is 74.5 Å². The van der Waals surface area contributed by atoms with Crippen molar-refractivity contribution in [2.75, 3.05) is 0 Å². The van der Waals surface area contributed by atoms with Gasteiger partial charge in [0.15, 0.2) is 6.61 Å². The van der Waals surface area contributed by atoms with E-state index in [4.69, 9.17) is 14.0 Å². The average molecular weight is 318 g/mol. The monoisotopic (exact) mass is 318 g/mol. The third-order valence-corrected chi connectivity index (χ3v) is 2.95. The van der Waals surface area contributed by atoms with Gasteiger partial charge < -0.3 is 14.0 Å². The van der Waals surface area contributed by atoms with Gasteiger partial charge in [-0.15, -0.1) is 0 Å². The quantitative estimate of drug-likeness (QED) is 0.696. The van der Waals surface area contributed by atoms with Crippen LogP contribution in [0.3, 0.4) is 0 Å². The van der Waals surface area contributed by atoms with Crippen molar-refractivity contribution in [3.05, 3.63) is 41.5 Å². The Bertz CT molecular complexity index is 637. The van der Waals surface area contributed by atoms with E-state index in [1.54, 1.807) is 0 Å². The van der Waals surface area contributed by atoms with Crippen molar-refractivity contribution in [2.24, 2.45) is 0 Å². The molecule has 0 radical (unpaired) electrons. The SMILES string of the molecule is CCCc1nc(COC(=O)Cc2cccc(OC(C)C)c2)no1. The van der Waals surface area contributed by atoms with Crippen LogP contribution in [0.2, 0.25) is 0 Å². The number of nitrogens with zero attached hydrogens (tertiary/aromatic N) is 2. The Hall–Kier alpha value is -2.37. The Kier molecular flexibility index (Phi) is 6.14. The number of hydrogen-bond donors (Lipinski definition) is 0. The lowest BCUT2D eigenvalue weighted by atomic mass is 10.1. The van der Waals surface area contributed by atoms with Crippen molar-refractivity contribution in [1.82, 2.24) is 10.1 Å². The van der Waals surface area contributed by atoms with Gasteiger partial charge in [0.25, 0.3) is 0 Å². The average Bonchev–Trinajstić information content (AvgIpc) is 2.93. The van der Waals surface area contributed by atoms with E-state index in [9.17, 15) is 4.79 Å². The molecule has 1 aromatic carbocycles. The predicted molar refractivity (Wildman–Crippen MR) is 84.0 cm³/mol. The molecule has 2 rings (SSSR count). The van der Waals surface area contributed by atoms with E-state index in [1.807, 2.05) is 45.0 Å². The minimum Gasteiger partial charge on any atom is -0.491 e. The molecule has 0 bridgehead atoms. The lowest BCUT2D eigenvalue weighted by molar-refractivity contribution is -0.144. The molecule has 0 aliphatic rings. The van der Waals surface area contributed by atoms with E-state index < -0.39 is 0 Å². The number of ether oxygens (including phenoxy) is 2. The number of rotatable bonds is 8. The number of aryl methyl sites for hydroxylation is 1. The molecule has 6 heteroatoms. The molecule has 0 aliphatic heterocycles. The first kappa shape index (κ1) is 17.0. The van der Waals surface area contributed by atoms with Crippen LogP contribution in [-0.2, 0) is 29.0 Å². The number of esters is 1. The fraction of sp³-hybridized carbons (Fsp3) is 0.471. The molecule has 2 aromatic rings. The highest BCUT2D eigenvalue weighted by atomic mass is 16.5. The molecule has 0 spiro atoms. The molecule has 1 aromatic heterocycles. The fourth-order valence-electron chi connectivity index (χ4n) is 2.03. The van der Waals surface area contributed by atoms with Crippen molar-refractivity contribution in [3.63, 3.8) is 0 Å². The summed E-state index contributed by atoms with van der Waals surface area (Å²) in [5.41, 5.74) is 0.841. The lowest BCUT2D eigenvalue weighted by Crippen LogP contribution is -2.09. The predicted octanol–water partition coefficient (Wildman–Crippen LogP) is 3.10. The molecule has 23 heavy (non-hydrogen) atoms. The molecule has 0 unspecified atom stereocenters. The van der Waals surface area contributed by atoms with Crippen molar-refractivity contribution in [2.45, 2.75) is 52.7 Å². The third kappa shape index (κ3) is 5.73. The van der Waals surface area contributed by atoms with Gasteiger partial charge in [-0.1, -0.05) is 24.2 Å². The van der Waals surface area contributed by atoms with Gasteiger partial charge in [0.1, 0.15) is 5.75 Å². The van der Waals surface area contributed by atoms with Gasteiger partial charge in [0.05, 0.1) is 12.5 Å². The Morgan fingerprint density at radius 1 is 1.35 bits per heavy atom. The van der Waals surface area contributed by atoms with Crippen LogP contribution in [0.4, 0.5) is 0 Å². The van der Waals surface area contributed by atoms with Gasteiger partial charge in [-0.25, -0.2) is 0 Å². The maximum Gasteiger partial charge on any atom is 0.310 e. The van der Waals surface area contributed by atoms with Gasteiger partial charge in [0.2, 0.25) is 11.7 Å². The summed E-state index contributed by atoms with van der Waals surface area (Å²) in [6.45, 7) is 5.96. The van der Waals surface area contributed by atoms with Crippen molar-refractivity contribution >= 4 is 5.97 Å². The summed E-state index contributed by atoms with van der Waals surface area (Å²) in [5.74, 6) is 1.36. The lowest BCUT2D eigenvalue weighted by Gasteiger charge is -2.10. The third-order valence-electron chi connectivity index (χ3n) is 2.95. The molecule has 0 saturated heterocycles. The fourth-order valence-corrected chi connectivity index (χ4v) is 2.03. The highest BCUT2D eigenvalue weighted by Gasteiger charge is 2.10. The van der Waals surface area contributed by atoms with Crippen LogP contribution in [0.25, 0.3) is 0 Å². The molecular weight excluding hydrogens is 296 g/mol. The Labute approximate surface area is 135 Å². The van der Waals surface area contributed by atoms with Crippen LogP contribution < -0.4 is 4.74 Å². The second kappa shape index (κ2) is 8.31. The molecule has 0 saturated carbocycles. The van der Waals surface area contributed by atoms with Crippen molar-refractivity contribution in [1.29, 1.82) is 0 Å². The molecule has 6 nitrogen and oxygen atoms in total. The molecule has 0 amide bonds. The summed E-state index contributed by atoms with van der Waals surface area (Å²) in [5, 5.41) is 3.78. The Morgan fingerprint density at radius 2 is 2.17 bits per heavy atom. The minimum atomic E-state index is -0.339. The van der Waals surface area contributed by atoms with Gasteiger partial charge >= 0.3 is 5.97 Å². The second-order valence-electron chi connectivity index (χ2n) is 5.51. The Morgan fingerprint density at radius 3 is 2.91 bits per heavy atom. The highest BCUT2D eigenvalue weighted by Crippen LogP contribution is 2.15. The second-order valence-corrected chi connectivity index (χ2v) is 5.51. The number of aromatic nitrogens is 2. The van der Waals surface area contributed by atoms with E-state index in [0.29, 0.717) is 11.7 Å². The van der Waals surface area contributed by atoms with Crippen LogP contribution in [-0.4, -0.2) is 22.2 Å². The van der Waals surface area contributed by atoms with Crippen LogP contribution in [0.15, 0.2) is 28.8 Å². The zero-order valence-corrected chi connectivity index (χ0v) is 13.7. The van der Waals surface area contributed by atoms with E-state index in [2.05, 4.69) is 10.1 Å². The number of hydrogen-bond acceptors (Lipinski definition) is 6. The zero-order valence-electron chi connectivity index (χ0n) is 13.7. The van der Waals surface area contributed by atoms with Crippen LogP contribution in [0.1, 0.15) is 44.5 Å². The van der Waals surface area contributed by atoms with E-state index in [0.717, 1.165) is 24.2 Å². The largest absolute Gasteiger partial charge is 0.491 e. The molecule has 124 valence electrons. The van der Waals surface area contributed by atoms with Crippen LogP contribution >= 0.6 is 0 Å². The molecule has 0 fully saturated rings. The highest BCUT2D eigenvalue weighted by molar-refractivity contribution is 5.72. The number of carbonyl (C=O) groups excluding carboxylic acids is 1. The van der Waals surface area contributed by atoms with E-state index in [-0.39, 0.29) is 25.1 Å². The smallest absolute Gasteiger partial charge is 0.310 e. The summed E-state index contributed by atoms with van der Waals surface area (Å²) in [6.07, 6.45) is 1.92. The summed E-state index contributed by atoms with van der Waals surface area (Å²) in [6, 6.07) is 7.43. The standard InChI is InChI=1S/C17H22N2O4/c1-4-6-16-18-15(19-23-16)11-21-17(20)10-13-7-5-8-14(9-13)22-12(2)3/h5,7-9,12H,4,6,10-11H2,1-3H3. The van der Waals surface area contributed by atoms with Crippen molar-refractivity contribution in [3.8, 4) is 5.75 Å². The van der Waals surface area contributed by atoms with Gasteiger partial charge in [-0.2, -0.15) is 4.98 Å². The number of benzene rings is 1. The van der Waals surface area contributed by atoms with Gasteiger partial charge in [-0.3, -0.25) is 4.79 Å². The summed E-state index contributed by atoms with van der Waals surface area (Å²) >= 11 is 0. The normalized spacial score (nSPS) is 10.8. The van der Waals surface area contributed by atoms with Gasteiger partial charge in [0, 0.05) is 6.42 Å². The van der Waals surface area contributed by atoms with E-state index in [1.165, 1.54) is 0 Å². The molecule has 0 N–H and O–H groups in total. The number of carbonyl (C=O) groups is 1. The van der Waals surface area contributed by atoms with Crippen molar-refractivity contribution < 1.29 is 18.8 Å². The maximum absolute atomic E-state index is 11.9. The molecule has 0 atom stereocenters. The summed E-state index contributed by atoms with van der Waals surface area (Å²) in [7, 11) is 0. The first-order valence-corrected chi connectivity index (χ1v) is 7.79. The molecule has 1 heterocycles. The maximum atomic E-state index is 11.9. The van der Waals surface area contributed by atoms with Crippen LogP contribution in [0, 0.1) is 0 Å². The molecular formula is C17H22N2O4. The Balaban J connectivity index is 1.84. The van der Waals surface area contributed by atoms with Crippen LogP contribution in [0.5, 0.6) is 5.75 Å². The zero-order chi connectivity index (χ0) is 16.7. The minimum absolute atomic E-state index is 0.0221.